The number of hydrogen-bond acceptors (Lipinski definition) is 3. The van der Waals surface area contributed by atoms with Crippen LogP contribution in [0.1, 0.15) is 56.9 Å². The van der Waals surface area contributed by atoms with E-state index in [1.54, 1.807) is 5.57 Å². The quantitative estimate of drug-likeness (QED) is 0.831. The van der Waals surface area contributed by atoms with E-state index < -0.39 is 0 Å². The number of nitrogens with one attached hydrogen (secondary N) is 1. The number of nitrogens with zero attached hydrogens (tertiary/aromatic N) is 1. The third-order valence-corrected chi connectivity index (χ3v) is 6.32. The second kappa shape index (κ2) is 7.51. The first-order chi connectivity index (χ1) is 12.3. The summed E-state index contributed by atoms with van der Waals surface area (Å²) in [5, 5.41) is 3.46. The molecule has 3 heteroatoms. The molecule has 1 aromatic carbocycles. The van der Waals surface area contributed by atoms with Crippen LogP contribution in [0, 0.1) is 0 Å². The Morgan fingerprint density at radius 3 is 2.80 bits per heavy atom. The fourth-order valence-corrected chi connectivity index (χ4v) is 4.84. The molecule has 1 aromatic rings. The maximum atomic E-state index is 6.71. The van der Waals surface area contributed by atoms with Crippen LogP contribution in [0.2, 0.25) is 0 Å². The van der Waals surface area contributed by atoms with Gasteiger partial charge in [0.2, 0.25) is 0 Å². The van der Waals surface area contributed by atoms with E-state index in [2.05, 4.69) is 47.6 Å². The molecule has 1 spiro atoms. The summed E-state index contributed by atoms with van der Waals surface area (Å²) in [5.74, 6) is 1.12. The number of fused-ring (bicyclic) bond motifs is 1. The van der Waals surface area contributed by atoms with Crippen molar-refractivity contribution < 1.29 is 4.74 Å². The summed E-state index contributed by atoms with van der Waals surface area (Å²) in [6.45, 7) is 3.20. The van der Waals surface area contributed by atoms with E-state index >= 15 is 0 Å². The summed E-state index contributed by atoms with van der Waals surface area (Å²) in [6.07, 6.45) is 12.5. The van der Waals surface area contributed by atoms with Crippen LogP contribution in [-0.2, 0) is 6.54 Å². The standard InChI is InChI=1S/C22H32N2O/c1-23-20-11-13-22(14-12-20)17-24(15-18-7-3-2-4-8-18)16-19-9-5-6-10-21(19)25-22/h5-7,9-10,20,23H,2-4,8,11-17H2,1H3. The highest BCUT2D eigenvalue weighted by atomic mass is 16.5. The van der Waals surface area contributed by atoms with Crippen molar-refractivity contribution >= 4 is 0 Å². The van der Waals surface area contributed by atoms with E-state index in [0.717, 1.165) is 38.2 Å². The van der Waals surface area contributed by atoms with Gasteiger partial charge in [0.05, 0.1) is 0 Å². The lowest BCUT2D eigenvalue weighted by atomic mass is 9.81. The minimum absolute atomic E-state index is 0.00478. The first-order valence-corrected chi connectivity index (χ1v) is 10.1. The molecule has 1 heterocycles. The SMILES string of the molecule is CNC1CCC2(CC1)CN(CC1=CCCCC1)Cc1ccccc1O2. The summed E-state index contributed by atoms with van der Waals surface area (Å²) < 4.78 is 6.71. The Morgan fingerprint density at radius 2 is 2.04 bits per heavy atom. The molecule has 1 aliphatic heterocycles. The zero-order valence-corrected chi connectivity index (χ0v) is 15.6. The number of rotatable bonds is 3. The van der Waals surface area contributed by atoms with Crippen LogP contribution in [0.4, 0.5) is 0 Å². The van der Waals surface area contributed by atoms with Crippen LogP contribution in [-0.4, -0.2) is 36.7 Å². The van der Waals surface area contributed by atoms with Crippen molar-refractivity contribution in [1.82, 2.24) is 10.2 Å². The zero-order valence-electron chi connectivity index (χ0n) is 15.6. The van der Waals surface area contributed by atoms with Crippen LogP contribution in [0.3, 0.4) is 0 Å². The molecule has 4 rings (SSSR count). The molecular formula is C22H32N2O. The third-order valence-electron chi connectivity index (χ3n) is 6.32. The predicted molar refractivity (Wildman–Crippen MR) is 103 cm³/mol. The molecule has 0 bridgehead atoms. The van der Waals surface area contributed by atoms with Gasteiger partial charge in [-0.3, -0.25) is 4.90 Å². The van der Waals surface area contributed by atoms with E-state index in [9.17, 15) is 0 Å². The first-order valence-electron chi connectivity index (χ1n) is 10.1. The van der Waals surface area contributed by atoms with Crippen LogP contribution in [0.15, 0.2) is 35.9 Å². The molecule has 1 N–H and O–H groups in total. The van der Waals surface area contributed by atoms with Crippen molar-refractivity contribution in [3.05, 3.63) is 41.5 Å². The van der Waals surface area contributed by atoms with Crippen LogP contribution in [0.25, 0.3) is 0 Å². The van der Waals surface area contributed by atoms with Gasteiger partial charge < -0.3 is 10.1 Å². The zero-order chi connectivity index (χ0) is 17.1. The van der Waals surface area contributed by atoms with Crippen molar-refractivity contribution in [2.24, 2.45) is 0 Å². The molecule has 1 fully saturated rings. The number of ether oxygens (including phenoxy) is 1. The van der Waals surface area contributed by atoms with Crippen LogP contribution < -0.4 is 10.1 Å². The lowest BCUT2D eigenvalue weighted by molar-refractivity contribution is 0.000397. The molecule has 1 saturated carbocycles. The molecule has 136 valence electrons. The van der Waals surface area contributed by atoms with Gasteiger partial charge in [-0.1, -0.05) is 29.8 Å². The minimum Gasteiger partial charge on any atom is -0.486 e. The molecule has 0 aromatic heterocycles. The second-order valence-corrected chi connectivity index (χ2v) is 8.21. The van der Waals surface area contributed by atoms with Gasteiger partial charge in [0.25, 0.3) is 0 Å². The number of benzene rings is 1. The molecular weight excluding hydrogens is 308 g/mol. The van der Waals surface area contributed by atoms with E-state index in [1.165, 1.54) is 44.1 Å². The molecule has 3 nitrogen and oxygen atoms in total. The molecule has 0 saturated heterocycles. The first kappa shape index (κ1) is 17.1. The van der Waals surface area contributed by atoms with Gasteiger partial charge in [0, 0.05) is 31.2 Å². The summed E-state index contributed by atoms with van der Waals surface area (Å²) in [4.78, 5) is 2.66. The van der Waals surface area contributed by atoms with Crippen molar-refractivity contribution in [3.63, 3.8) is 0 Å². The highest BCUT2D eigenvalue weighted by Gasteiger charge is 2.40. The van der Waals surface area contributed by atoms with Gasteiger partial charge in [-0.25, -0.2) is 0 Å². The third kappa shape index (κ3) is 3.93. The van der Waals surface area contributed by atoms with Crippen molar-refractivity contribution in [2.75, 3.05) is 20.1 Å². The highest BCUT2D eigenvalue weighted by Crippen LogP contribution is 2.38. The molecule has 2 aliphatic carbocycles. The Bertz CT molecular complexity index is 616. The highest BCUT2D eigenvalue weighted by molar-refractivity contribution is 5.35. The summed E-state index contributed by atoms with van der Waals surface area (Å²) in [5.41, 5.74) is 2.99. The molecule has 0 atom stereocenters. The normalized spacial score (nSPS) is 30.3. The molecule has 0 radical (unpaired) electrons. The van der Waals surface area contributed by atoms with Gasteiger partial charge in [0.15, 0.2) is 0 Å². The minimum atomic E-state index is -0.00478. The van der Waals surface area contributed by atoms with E-state index in [4.69, 9.17) is 4.74 Å². The predicted octanol–water partition coefficient (Wildman–Crippen LogP) is 4.28. The lowest BCUT2D eigenvalue weighted by Crippen LogP contribution is -2.50. The van der Waals surface area contributed by atoms with Gasteiger partial charge in [-0.05, 0) is 64.5 Å². The van der Waals surface area contributed by atoms with E-state index in [0.29, 0.717) is 6.04 Å². The number of allylic oxidation sites excluding steroid dienone is 1. The van der Waals surface area contributed by atoms with Gasteiger partial charge in [0.1, 0.15) is 11.4 Å². The topological polar surface area (TPSA) is 24.5 Å². The molecule has 0 unspecified atom stereocenters. The van der Waals surface area contributed by atoms with E-state index in [-0.39, 0.29) is 5.60 Å². The fourth-order valence-electron chi connectivity index (χ4n) is 4.84. The summed E-state index contributed by atoms with van der Waals surface area (Å²) in [6, 6.07) is 9.34. The van der Waals surface area contributed by atoms with Crippen molar-refractivity contribution in [1.29, 1.82) is 0 Å². The van der Waals surface area contributed by atoms with Crippen LogP contribution >= 0.6 is 0 Å². The molecule has 25 heavy (non-hydrogen) atoms. The fraction of sp³-hybridized carbons (Fsp3) is 0.636. The Kier molecular flexibility index (Phi) is 5.14. The molecule has 0 amide bonds. The second-order valence-electron chi connectivity index (χ2n) is 8.21. The van der Waals surface area contributed by atoms with Crippen molar-refractivity contribution in [3.8, 4) is 5.75 Å². The summed E-state index contributed by atoms with van der Waals surface area (Å²) in [7, 11) is 2.09. The number of para-hydroxylation sites is 1. The van der Waals surface area contributed by atoms with Gasteiger partial charge in [-0.2, -0.15) is 0 Å². The Balaban J connectivity index is 1.56. The lowest BCUT2D eigenvalue weighted by Gasteiger charge is -2.41. The average molecular weight is 341 g/mol. The van der Waals surface area contributed by atoms with Gasteiger partial charge in [-0.15, -0.1) is 0 Å². The molecule has 3 aliphatic rings. The number of hydrogen-bond donors (Lipinski definition) is 1. The Labute approximate surface area is 152 Å². The smallest absolute Gasteiger partial charge is 0.124 e. The average Bonchev–Trinajstić information content (AvgIpc) is 2.79. The largest absolute Gasteiger partial charge is 0.486 e. The van der Waals surface area contributed by atoms with Gasteiger partial charge >= 0.3 is 0 Å². The Morgan fingerprint density at radius 1 is 1.20 bits per heavy atom. The summed E-state index contributed by atoms with van der Waals surface area (Å²) >= 11 is 0. The maximum absolute atomic E-state index is 6.71. The van der Waals surface area contributed by atoms with E-state index in [1.807, 2.05) is 0 Å². The Hall–Kier alpha value is -1.32. The monoisotopic (exact) mass is 340 g/mol. The maximum Gasteiger partial charge on any atom is 0.124 e. The van der Waals surface area contributed by atoms with Crippen molar-refractivity contribution in [2.45, 2.75) is 69.6 Å². The van der Waals surface area contributed by atoms with Crippen LogP contribution in [0.5, 0.6) is 5.75 Å².